The molecule has 150 valence electrons. The molecule has 2 amide bonds. The zero-order chi connectivity index (χ0) is 19.5. The highest BCUT2D eigenvalue weighted by atomic mass is 16.5. The Labute approximate surface area is 163 Å². The lowest BCUT2D eigenvalue weighted by atomic mass is 10.0. The summed E-state index contributed by atoms with van der Waals surface area (Å²) in [6.45, 7) is 4.01. The first-order valence-corrected chi connectivity index (χ1v) is 9.76. The van der Waals surface area contributed by atoms with Crippen molar-refractivity contribution in [2.45, 2.75) is 32.4 Å². The molecule has 2 aromatic heterocycles. The highest BCUT2D eigenvalue weighted by Gasteiger charge is 2.27. The van der Waals surface area contributed by atoms with E-state index < -0.39 is 0 Å². The van der Waals surface area contributed by atoms with E-state index in [9.17, 15) is 9.59 Å². The van der Waals surface area contributed by atoms with Crippen LogP contribution in [-0.4, -0.2) is 74.0 Å². The number of rotatable bonds is 5. The molecule has 0 N–H and O–H groups in total. The van der Waals surface area contributed by atoms with Gasteiger partial charge in [-0.2, -0.15) is 10.2 Å². The normalized spacial score (nSPS) is 16.9. The Morgan fingerprint density at radius 1 is 1.14 bits per heavy atom. The molecule has 0 saturated carbocycles. The van der Waals surface area contributed by atoms with Crippen LogP contribution in [0.25, 0.3) is 0 Å². The van der Waals surface area contributed by atoms with Crippen LogP contribution >= 0.6 is 0 Å². The summed E-state index contributed by atoms with van der Waals surface area (Å²) in [4.78, 5) is 28.8. The van der Waals surface area contributed by atoms with E-state index in [0.717, 1.165) is 23.4 Å². The van der Waals surface area contributed by atoms with Crippen molar-refractivity contribution in [3.8, 4) is 0 Å². The highest BCUT2D eigenvalue weighted by molar-refractivity contribution is 5.77. The van der Waals surface area contributed by atoms with Gasteiger partial charge in [-0.25, -0.2) is 0 Å². The Morgan fingerprint density at radius 2 is 1.96 bits per heavy atom. The van der Waals surface area contributed by atoms with Crippen LogP contribution in [0.5, 0.6) is 0 Å². The fourth-order valence-electron chi connectivity index (χ4n) is 3.91. The molecule has 1 saturated heterocycles. The van der Waals surface area contributed by atoms with Gasteiger partial charge in [0.2, 0.25) is 11.8 Å². The molecule has 2 aliphatic heterocycles. The second-order valence-corrected chi connectivity index (χ2v) is 7.26. The SMILES string of the molecule is Cn1nc(CCC(=O)N2CCOCC2)c2c1CCN(C(=O)Cn1cccn1)C2. The first-order chi connectivity index (χ1) is 13.6. The van der Waals surface area contributed by atoms with E-state index in [2.05, 4.69) is 10.2 Å². The summed E-state index contributed by atoms with van der Waals surface area (Å²) in [7, 11) is 1.94. The Morgan fingerprint density at radius 3 is 2.71 bits per heavy atom. The summed E-state index contributed by atoms with van der Waals surface area (Å²) < 4.78 is 8.85. The first-order valence-electron chi connectivity index (χ1n) is 9.76. The maximum absolute atomic E-state index is 12.6. The van der Waals surface area contributed by atoms with Crippen molar-refractivity contribution in [2.24, 2.45) is 7.05 Å². The number of carbonyl (C=O) groups excluding carboxylic acids is 2. The molecule has 0 aliphatic carbocycles. The maximum Gasteiger partial charge on any atom is 0.244 e. The third kappa shape index (κ3) is 3.94. The average Bonchev–Trinajstić information content (AvgIpc) is 3.34. The van der Waals surface area contributed by atoms with Gasteiger partial charge in [-0.05, 0) is 6.07 Å². The van der Waals surface area contributed by atoms with Gasteiger partial charge >= 0.3 is 0 Å². The molecule has 28 heavy (non-hydrogen) atoms. The second kappa shape index (κ2) is 8.14. The molecular formula is C19H26N6O3. The van der Waals surface area contributed by atoms with Crippen molar-refractivity contribution < 1.29 is 14.3 Å². The molecule has 1 fully saturated rings. The summed E-state index contributed by atoms with van der Waals surface area (Å²) in [5, 5.41) is 8.76. The standard InChI is InChI=1S/C19H26N6O3/c1-22-17-5-8-24(19(27)14-25-7-2-6-20-25)13-15(17)16(21-22)3-4-18(26)23-9-11-28-12-10-23/h2,6-7H,3-5,8-14H2,1H3. The van der Waals surface area contributed by atoms with Crippen molar-refractivity contribution in [1.82, 2.24) is 29.4 Å². The van der Waals surface area contributed by atoms with Crippen LogP contribution in [-0.2, 0) is 47.3 Å². The largest absolute Gasteiger partial charge is 0.378 e. The molecule has 0 bridgehead atoms. The molecule has 2 aromatic rings. The fourth-order valence-corrected chi connectivity index (χ4v) is 3.91. The number of hydrogen-bond acceptors (Lipinski definition) is 5. The summed E-state index contributed by atoms with van der Waals surface area (Å²) in [5.74, 6) is 0.193. The van der Waals surface area contributed by atoms with E-state index in [1.165, 1.54) is 0 Å². The van der Waals surface area contributed by atoms with Crippen molar-refractivity contribution >= 4 is 11.8 Å². The van der Waals surface area contributed by atoms with Gasteiger partial charge < -0.3 is 14.5 Å². The molecule has 9 nitrogen and oxygen atoms in total. The molecule has 0 atom stereocenters. The molecule has 9 heteroatoms. The van der Waals surface area contributed by atoms with E-state index in [-0.39, 0.29) is 18.4 Å². The lowest BCUT2D eigenvalue weighted by molar-refractivity contribution is -0.135. The lowest BCUT2D eigenvalue weighted by Gasteiger charge is -2.28. The number of amides is 2. The van der Waals surface area contributed by atoms with E-state index in [0.29, 0.717) is 52.2 Å². The molecule has 4 heterocycles. The predicted octanol–water partition coefficient (Wildman–Crippen LogP) is -0.00710. The van der Waals surface area contributed by atoms with E-state index in [1.54, 1.807) is 17.1 Å². The molecule has 0 radical (unpaired) electrons. The first kappa shape index (κ1) is 18.7. The Kier molecular flexibility index (Phi) is 5.43. The van der Waals surface area contributed by atoms with Crippen LogP contribution in [0.15, 0.2) is 18.5 Å². The summed E-state index contributed by atoms with van der Waals surface area (Å²) in [5.41, 5.74) is 3.19. The average molecular weight is 386 g/mol. The van der Waals surface area contributed by atoms with Gasteiger partial charge in [0.25, 0.3) is 0 Å². The Hall–Kier alpha value is -2.68. The number of carbonyl (C=O) groups is 2. The monoisotopic (exact) mass is 386 g/mol. The molecule has 0 spiro atoms. The third-order valence-electron chi connectivity index (χ3n) is 5.47. The Balaban J connectivity index is 1.40. The van der Waals surface area contributed by atoms with Crippen LogP contribution < -0.4 is 0 Å². The number of aryl methyl sites for hydroxylation is 2. The fraction of sp³-hybridized carbons (Fsp3) is 0.579. The van der Waals surface area contributed by atoms with Gasteiger partial charge in [-0.1, -0.05) is 0 Å². The van der Waals surface area contributed by atoms with Crippen LogP contribution in [0.1, 0.15) is 23.4 Å². The zero-order valence-corrected chi connectivity index (χ0v) is 16.2. The van der Waals surface area contributed by atoms with Gasteiger partial charge in [0.15, 0.2) is 0 Å². The van der Waals surface area contributed by atoms with Crippen molar-refractivity contribution in [3.05, 3.63) is 35.4 Å². The maximum atomic E-state index is 12.6. The van der Waals surface area contributed by atoms with Gasteiger partial charge in [-0.3, -0.25) is 19.0 Å². The predicted molar refractivity (Wildman–Crippen MR) is 100 cm³/mol. The smallest absolute Gasteiger partial charge is 0.244 e. The van der Waals surface area contributed by atoms with Gasteiger partial charge in [0.1, 0.15) is 6.54 Å². The number of aromatic nitrogens is 4. The molecule has 4 rings (SSSR count). The van der Waals surface area contributed by atoms with Gasteiger partial charge in [-0.15, -0.1) is 0 Å². The van der Waals surface area contributed by atoms with Gasteiger partial charge in [0.05, 0.1) is 18.9 Å². The molecular weight excluding hydrogens is 360 g/mol. The van der Waals surface area contributed by atoms with Crippen LogP contribution in [0.4, 0.5) is 0 Å². The number of hydrogen-bond donors (Lipinski definition) is 0. The quantitative estimate of drug-likeness (QED) is 0.722. The lowest BCUT2D eigenvalue weighted by Crippen LogP contribution is -2.40. The Bertz CT molecular complexity index is 838. The van der Waals surface area contributed by atoms with Crippen molar-refractivity contribution in [3.63, 3.8) is 0 Å². The van der Waals surface area contributed by atoms with Crippen LogP contribution in [0, 0.1) is 0 Å². The summed E-state index contributed by atoms with van der Waals surface area (Å²) >= 11 is 0. The minimum Gasteiger partial charge on any atom is -0.378 e. The highest BCUT2D eigenvalue weighted by Crippen LogP contribution is 2.23. The van der Waals surface area contributed by atoms with Crippen LogP contribution in [0.3, 0.4) is 0 Å². The van der Waals surface area contributed by atoms with Gasteiger partial charge in [0, 0.05) is 76.1 Å². The second-order valence-electron chi connectivity index (χ2n) is 7.26. The number of fused-ring (bicyclic) bond motifs is 1. The summed E-state index contributed by atoms with van der Waals surface area (Å²) in [6, 6.07) is 1.81. The topological polar surface area (TPSA) is 85.5 Å². The third-order valence-corrected chi connectivity index (χ3v) is 5.47. The zero-order valence-electron chi connectivity index (χ0n) is 16.2. The minimum atomic E-state index is 0.0496. The molecule has 0 aromatic carbocycles. The number of ether oxygens (including phenoxy) is 1. The van der Waals surface area contributed by atoms with E-state index >= 15 is 0 Å². The van der Waals surface area contributed by atoms with E-state index in [4.69, 9.17) is 4.74 Å². The van der Waals surface area contributed by atoms with E-state index in [1.807, 2.05) is 27.6 Å². The summed E-state index contributed by atoms with van der Waals surface area (Å²) in [6.07, 6.45) is 5.28. The number of nitrogens with zero attached hydrogens (tertiary/aromatic N) is 6. The minimum absolute atomic E-state index is 0.0496. The molecule has 0 unspecified atom stereocenters. The number of morpholine rings is 1. The molecule has 2 aliphatic rings. The van der Waals surface area contributed by atoms with Crippen LogP contribution in [0.2, 0.25) is 0 Å². The van der Waals surface area contributed by atoms with Crippen molar-refractivity contribution in [2.75, 3.05) is 32.8 Å². The van der Waals surface area contributed by atoms with Crippen molar-refractivity contribution in [1.29, 1.82) is 0 Å².